The van der Waals surface area contributed by atoms with Crippen LogP contribution in [0.4, 0.5) is 0 Å². The number of imide groups is 2. The first-order valence-corrected chi connectivity index (χ1v) is 18.5. The van der Waals surface area contributed by atoms with Gasteiger partial charge in [-0.25, -0.2) is 9.59 Å². The van der Waals surface area contributed by atoms with Gasteiger partial charge < -0.3 is 19.1 Å². The van der Waals surface area contributed by atoms with Gasteiger partial charge in [0.25, 0.3) is 23.6 Å². The summed E-state index contributed by atoms with van der Waals surface area (Å²) < 4.78 is 3.85. The second kappa shape index (κ2) is 18.5. The number of hydrogen-bond acceptors (Lipinski definition) is 10. The van der Waals surface area contributed by atoms with E-state index >= 15 is 0 Å². The molecule has 15 nitrogen and oxygen atoms in total. The zero-order chi connectivity index (χ0) is 43.8. The molecule has 0 radical (unpaired) electrons. The van der Waals surface area contributed by atoms with Gasteiger partial charge in [0.05, 0.1) is 24.2 Å². The number of carboxylic acid groups (broad SMARTS) is 1. The molecule has 304 valence electrons. The molecule has 6 aromatic rings. The standard InChI is InChI=1S/C23H16N2O5.C19H13NO3.C4H5NO3/c1-2-12-24-13-11-17-14-18(7-8-19(17)24)22(28)15-3-5-16(6-4-15)23(29)30-25-20(26)9-10-21(25)27;1-2-10-20-11-9-15-12-16(7-8-17(15)20)18(21)13-3-5-14(6-4-13)19(22)23;6-3-1-2-4(7)5(3)8/h1,3-8,11,13-14H,9-10,12H2;1,3-9,11-12H,10H2,(H,22,23);8H,1-2H2. The third-order valence-corrected chi connectivity index (χ3v) is 9.57. The number of aromatic carboxylic acids is 1. The summed E-state index contributed by atoms with van der Waals surface area (Å²) in [7, 11) is 0. The zero-order valence-corrected chi connectivity index (χ0v) is 32.1. The predicted octanol–water partition coefficient (Wildman–Crippen LogP) is 5.45. The van der Waals surface area contributed by atoms with Crippen LogP contribution in [-0.4, -0.2) is 76.7 Å². The molecule has 2 saturated heterocycles. The van der Waals surface area contributed by atoms with E-state index < -0.39 is 35.6 Å². The highest BCUT2D eigenvalue weighted by Gasteiger charge is 2.33. The van der Waals surface area contributed by atoms with Gasteiger partial charge in [0.15, 0.2) is 11.6 Å². The summed E-state index contributed by atoms with van der Waals surface area (Å²) in [6.07, 6.45) is 14.8. The van der Waals surface area contributed by atoms with Crippen molar-refractivity contribution in [3.8, 4) is 24.7 Å². The summed E-state index contributed by atoms with van der Waals surface area (Å²) in [5, 5.41) is 19.8. The number of nitrogens with zero attached hydrogens (tertiary/aromatic N) is 4. The van der Waals surface area contributed by atoms with E-state index in [2.05, 4.69) is 11.8 Å². The van der Waals surface area contributed by atoms with E-state index in [9.17, 15) is 38.4 Å². The van der Waals surface area contributed by atoms with E-state index in [-0.39, 0.29) is 53.4 Å². The van der Waals surface area contributed by atoms with Crippen LogP contribution in [0.3, 0.4) is 0 Å². The maximum atomic E-state index is 12.8. The van der Waals surface area contributed by atoms with Crippen molar-refractivity contribution < 1.29 is 53.5 Å². The van der Waals surface area contributed by atoms with Crippen LogP contribution in [0.1, 0.15) is 78.2 Å². The number of carbonyl (C=O) groups is 8. The largest absolute Gasteiger partial charge is 0.478 e. The molecule has 2 aliphatic heterocycles. The summed E-state index contributed by atoms with van der Waals surface area (Å²) >= 11 is 0. The van der Waals surface area contributed by atoms with Crippen molar-refractivity contribution in [2.24, 2.45) is 0 Å². The van der Waals surface area contributed by atoms with Gasteiger partial charge in [-0.1, -0.05) is 36.1 Å². The first kappa shape index (κ1) is 42.2. The number of hydroxylamine groups is 4. The van der Waals surface area contributed by atoms with E-state index in [0.29, 0.717) is 40.4 Å². The first-order chi connectivity index (χ1) is 29.3. The van der Waals surface area contributed by atoms with Gasteiger partial charge in [-0.2, -0.15) is 5.06 Å². The minimum absolute atomic E-state index is 0.0238. The highest BCUT2D eigenvalue weighted by molar-refractivity contribution is 6.12. The van der Waals surface area contributed by atoms with Crippen LogP contribution in [0.5, 0.6) is 0 Å². The maximum Gasteiger partial charge on any atom is 0.363 e. The van der Waals surface area contributed by atoms with Crippen molar-refractivity contribution in [2.75, 3.05) is 0 Å². The predicted molar refractivity (Wildman–Crippen MR) is 218 cm³/mol. The monoisotopic (exact) mass is 818 g/mol. The lowest BCUT2D eigenvalue weighted by molar-refractivity contribution is -0.173. The van der Waals surface area contributed by atoms with Gasteiger partial charge >= 0.3 is 11.9 Å². The summed E-state index contributed by atoms with van der Waals surface area (Å²) in [4.78, 5) is 96.8. The van der Waals surface area contributed by atoms with Crippen molar-refractivity contribution in [3.05, 3.63) is 143 Å². The number of benzene rings is 4. The summed E-state index contributed by atoms with van der Waals surface area (Å²) in [5.41, 5.74) is 4.10. The Bertz CT molecular complexity index is 2800. The summed E-state index contributed by atoms with van der Waals surface area (Å²) in [6, 6.07) is 26.3. The Kier molecular flexibility index (Phi) is 12.8. The number of fused-ring (bicyclic) bond motifs is 2. The second-order valence-electron chi connectivity index (χ2n) is 13.5. The van der Waals surface area contributed by atoms with Gasteiger partial charge in [-0.3, -0.25) is 34.0 Å². The summed E-state index contributed by atoms with van der Waals surface area (Å²) in [6.45, 7) is 0.927. The first-order valence-electron chi connectivity index (χ1n) is 18.5. The van der Waals surface area contributed by atoms with Crippen molar-refractivity contribution in [3.63, 3.8) is 0 Å². The van der Waals surface area contributed by atoms with E-state index in [4.69, 9.17) is 28.0 Å². The number of carboxylic acids is 1. The molecule has 0 atom stereocenters. The third-order valence-electron chi connectivity index (χ3n) is 9.57. The molecule has 4 aromatic carbocycles. The summed E-state index contributed by atoms with van der Waals surface area (Å²) in [5.74, 6) is 0.865. The van der Waals surface area contributed by atoms with Gasteiger partial charge in [0, 0.05) is 82.1 Å². The molecule has 8 rings (SSSR count). The quantitative estimate of drug-likeness (QED) is 0.0813. The van der Waals surface area contributed by atoms with Crippen LogP contribution in [0.15, 0.2) is 109 Å². The van der Waals surface area contributed by atoms with Crippen molar-refractivity contribution >= 4 is 68.9 Å². The van der Waals surface area contributed by atoms with Crippen LogP contribution >= 0.6 is 0 Å². The molecule has 2 fully saturated rings. The smallest absolute Gasteiger partial charge is 0.363 e. The number of amides is 4. The molecule has 0 saturated carbocycles. The van der Waals surface area contributed by atoms with Gasteiger partial charge in [0.2, 0.25) is 0 Å². The fourth-order valence-corrected chi connectivity index (χ4v) is 6.37. The average molecular weight is 819 g/mol. The Hall–Kier alpha value is -8.40. The number of terminal acetylenes is 2. The topological polar surface area (TPSA) is 203 Å². The van der Waals surface area contributed by atoms with E-state index in [0.717, 1.165) is 21.8 Å². The van der Waals surface area contributed by atoms with E-state index in [1.54, 1.807) is 18.2 Å². The highest BCUT2D eigenvalue weighted by Crippen LogP contribution is 2.22. The number of aromatic nitrogens is 2. The van der Waals surface area contributed by atoms with Gasteiger partial charge in [0.1, 0.15) is 0 Å². The molecular formula is C46H34N4O11. The molecule has 0 bridgehead atoms. The molecule has 4 amide bonds. The normalized spacial score (nSPS) is 13.2. The third kappa shape index (κ3) is 9.50. The van der Waals surface area contributed by atoms with Gasteiger partial charge in [-0.05, 0) is 72.8 Å². The zero-order valence-electron chi connectivity index (χ0n) is 32.1. The van der Waals surface area contributed by atoms with Crippen molar-refractivity contribution in [1.29, 1.82) is 0 Å². The molecule has 0 unspecified atom stereocenters. The Balaban J connectivity index is 0.000000177. The Morgan fingerprint density at radius 2 is 0.918 bits per heavy atom. The Morgan fingerprint density at radius 3 is 1.30 bits per heavy atom. The van der Waals surface area contributed by atoms with E-state index in [1.807, 2.05) is 51.9 Å². The second-order valence-corrected chi connectivity index (χ2v) is 13.5. The number of ketones is 2. The Morgan fingerprint density at radius 1 is 0.541 bits per heavy atom. The fourth-order valence-electron chi connectivity index (χ4n) is 6.37. The minimum atomic E-state index is -1.01. The van der Waals surface area contributed by atoms with Crippen molar-refractivity contribution in [2.45, 2.75) is 38.8 Å². The molecular weight excluding hydrogens is 785 g/mol. The van der Waals surface area contributed by atoms with Crippen LogP contribution < -0.4 is 0 Å². The number of carbonyl (C=O) groups excluding carboxylic acids is 7. The van der Waals surface area contributed by atoms with Crippen LogP contribution in [0, 0.1) is 24.7 Å². The molecule has 2 aliphatic rings. The molecule has 15 heteroatoms. The van der Waals surface area contributed by atoms with Crippen LogP contribution in [0.25, 0.3) is 21.8 Å². The molecule has 2 N–H and O–H groups in total. The maximum absolute atomic E-state index is 12.8. The Labute approximate surface area is 347 Å². The molecule has 61 heavy (non-hydrogen) atoms. The number of rotatable bonds is 9. The molecule has 4 heterocycles. The minimum Gasteiger partial charge on any atom is -0.478 e. The van der Waals surface area contributed by atoms with Crippen LogP contribution in [-0.2, 0) is 37.1 Å². The SMILES string of the molecule is C#CCn1ccc2cc(C(=O)c3ccc(C(=O)O)cc3)ccc21.C#CCn1ccc2cc(C(=O)c3ccc(C(=O)ON4C(=O)CCC4=O)cc3)ccc21.O=C1CCC(=O)N1O. The van der Waals surface area contributed by atoms with E-state index in [1.165, 1.54) is 48.5 Å². The van der Waals surface area contributed by atoms with Crippen molar-refractivity contribution in [1.82, 2.24) is 19.3 Å². The van der Waals surface area contributed by atoms with Gasteiger partial charge in [-0.15, -0.1) is 17.9 Å². The molecule has 0 aliphatic carbocycles. The lowest BCUT2D eigenvalue weighted by Gasteiger charge is -2.12. The number of hydrogen-bond donors (Lipinski definition) is 2. The average Bonchev–Trinajstić information content (AvgIpc) is 4.04. The molecule has 2 aromatic heterocycles. The lowest BCUT2D eigenvalue weighted by atomic mass is 10.0. The molecule has 0 spiro atoms. The fraction of sp³-hybridized carbons (Fsp3) is 0.130. The van der Waals surface area contributed by atoms with Crippen LogP contribution in [0.2, 0.25) is 0 Å². The highest BCUT2D eigenvalue weighted by atomic mass is 16.7. The lowest BCUT2D eigenvalue weighted by Crippen LogP contribution is -2.32.